The summed E-state index contributed by atoms with van der Waals surface area (Å²) in [4.78, 5) is 0. The quantitative estimate of drug-likeness (QED) is 0.727. The fourth-order valence-electron chi connectivity index (χ4n) is 1.85. The Hall–Kier alpha value is -0.160. The molecule has 0 aromatic heterocycles. The van der Waals surface area contributed by atoms with Crippen molar-refractivity contribution >= 4 is 9.84 Å². The van der Waals surface area contributed by atoms with E-state index in [2.05, 4.69) is 0 Å². The van der Waals surface area contributed by atoms with Gasteiger partial charge in [0, 0.05) is 0 Å². The van der Waals surface area contributed by atoms with Crippen molar-refractivity contribution in [2.24, 2.45) is 17.6 Å². The molecule has 0 saturated carbocycles. The van der Waals surface area contributed by atoms with Crippen LogP contribution in [0.4, 0.5) is 4.39 Å². The Labute approximate surface area is 78.4 Å². The maximum atomic E-state index is 12.5. The number of hydrogen-bond donors (Lipinski definition) is 1. The molecular formula is C8H16FNO2S. The van der Waals surface area contributed by atoms with Gasteiger partial charge < -0.3 is 5.73 Å². The van der Waals surface area contributed by atoms with Crippen molar-refractivity contribution < 1.29 is 12.8 Å². The fourth-order valence-corrected chi connectivity index (χ4v) is 3.77. The standard InChI is InChI=1S/C8H16FNO2S/c9-5-7(1-3-10)8-2-4-13(11,12)6-8/h7-8H,1-6,10H2. The third-order valence-corrected chi connectivity index (χ3v) is 4.46. The van der Waals surface area contributed by atoms with E-state index >= 15 is 0 Å². The minimum atomic E-state index is -2.88. The highest BCUT2D eigenvalue weighted by molar-refractivity contribution is 7.91. The first-order valence-corrected chi connectivity index (χ1v) is 6.37. The Balaban J connectivity index is 2.52. The molecule has 1 saturated heterocycles. The third kappa shape index (κ3) is 2.91. The van der Waals surface area contributed by atoms with E-state index in [0.29, 0.717) is 19.4 Å². The summed E-state index contributed by atoms with van der Waals surface area (Å²) >= 11 is 0. The van der Waals surface area contributed by atoms with Gasteiger partial charge in [-0.3, -0.25) is 4.39 Å². The molecule has 2 N–H and O–H groups in total. The van der Waals surface area contributed by atoms with Crippen molar-refractivity contribution in [3.63, 3.8) is 0 Å². The zero-order valence-electron chi connectivity index (χ0n) is 7.58. The van der Waals surface area contributed by atoms with Crippen molar-refractivity contribution in [1.82, 2.24) is 0 Å². The lowest BCUT2D eigenvalue weighted by molar-refractivity contribution is 0.266. The smallest absolute Gasteiger partial charge is 0.150 e. The van der Waals surface area contributed by atoms with Crippen molar-refractivity contribution in [2.45, 2.75) is 12.8 Å². The molecule has 1 fully saturated rings. The van der Waals surface area contributed by atoms with Gasteiger partial charge in [0.05, 0.1) is 18.2 Å². The number of rotatable bonds is 4. The van der Waals surface area contributed by atoms with Crippen LogP contribution in [-0.2, 0) is 9.84 Å². The lowest BCUT2D eigenvalue weighted by Gasteiger charge is -2.17. The molecule has 2 atom stereocenters. The van der Waals surface area contributed by atoms with Crippen molar-refractivity contribution in [3.05, 3.63) is 0 Å². The summed E-state index contributed by atoms with van der Waals surface area (Å²) in [5, 5.41) is 0. The highest BCUT2D eigenvalue weighted by Gasteiger charge is 2.33. The first-order valence-electron chi connectivity index (χ1n) is 4.55. The molecule has 78 valence electrons. The van der Waals surface area contributed by atoms with Gasteiger partial charge in [-0.05, 0) is 31.2 Å². The van der Waals surface area contributed by atoms with Crippen molar-refractivity contribution in [2.75, 3.05) is 24.7 Å². The van der Waals surface area contributed by atoms with E-state index in [9.17, 15) is 12.8 Å². The number of hydrogen-bond acceptors (Lipinski definition) is 3. The molecule has 3 nitrogen and oxygen atoms in total. The molecule has 0 amide bonds. The zero-order valence-corrected chi connectivity index (χ0v) is 8.39. The lowest BCUT2D eigenvalue weighted by atomic mass is 9.90. The predicted octanol–water partition coefficient (Wildman–Crippen LogP) is 0.356. The molecule has 0 bridgehead atoms. The summed E-state index contributed by atoms with van der Waals surface area (Å²) < 4.78 is 34.7. The predicted molar refractivity (Wildman–Crippen MR) is 49.9 cm³/mol. The first kappa shape index (κ1) is 10.9. The Kier molecular flexibility index (Phi) is 3.67. The van der Waals surface area contributed by atoms with Gasteiger partial charge in [0.15, 0.2) is 9.84 Å². The largest absolute Gasteiger partial charge is 0.330 e. The summed E-state index contributed by atoms with van der Waals surface area (Å²) in [6.07, 6.45) is 1.20. The third-order valence-electron chi connectivity index (χ3n) is 2.67. The van der Waals surface area contributed by atoms with E-state index in [4.69, 9.17) is 5.73 Å². The van der Waals surface area contributed by atoms with Gasteiger partial charge in [-0.2, -0.15) is 0 Å². The lowest BCUT2D eigenvalue weighted by Crippen LogP contribution is -2.21. The van der Waals surface area contributed by atoms with Gasteiger partial charge in [-0.25, -0.2) is 8.42 Å². The summed E-state index contributed by atoms with van der Waals surface area (Å²) in [5.74, 6) is 0.223. The Bertz CT molecular complexity index is 253. The van der Waals surface area contributed by atoms with Crippen molar-refractivity contribution in [3.8, 4) is 0 Å². The minimum absolute atomic E-state index is 0.00134. The number of nitrogens with two attached hydrogens (primary N) is 1. The summed E-state index contributed by atoms with van der Waals surface area (Å²) in [5.41, 5.74) is 5.32. The SMILES string of the molecule is NCCC(CF)C1CCS(=O)(=O)C1. The van der Waals surface area contributed by atoms with E-state index in [1.807, 2.05) is 0 Å². The number of alkyl halides is 1. The normalized spacial score (nSPS) is 28.9. The minimum Gasteiger partial charge on any atom is -0.330 e. The Morgan fingerprint density at radius 1 is 1.54 bits per heavy atom. The molecule has 0 aromatic rings. The monoisotopic (exact) mass is 209 g/mol. The van der Waals surface area contributed by atoms with Crippen molar-refractivity contribution in [1.29, 1.82) is 0 Å². The molecule has 1 rings (SSSR count). The summed E-state index contributed by atoms with van der Waals surface area (Å²) in [6, 6.07) is 0. The van der Waals surface area contributed by atoms with Crippen LogP contribution in [0.1, 0.15) is 12.8 Å². The Morgan fingerprint density at radius 2 is 2.23 bits per heavy atom. The topological polar surface area (TPSA) is 60.2 Å². The van der Waals surface area contributed by atoms with Crippen LogP contribution in [-0.4, -0.2) is 33.1 Å². The second-order valence-corrected chi connectivity index (χ2v) is 5.88. The summed E-state index contributed by atoms with van der Waals surface area (Å²) in [6.45, 7) is -0.0114. The van der Waals surface area contributed by atoms with Gasteiger partial charge >= 0.3 is 0 Å². The van der Waals surface area contributed by atoms with Crippen LogP contribution in [0, 0.1) is 11.8 Å². The average molecular weight is 209 g/mol. The molecule has 0 aliphatic carbocycles. The van der Waals surface area contributed by atoms with Gasteiger partial charge in [0.25, 0.3) is 0 Å². The number of halogens is 1. The average Bonchev–Trinajstić information content (AvgIpc) is 2.42. The molecule has 0 spiro atoms. The molecule has 0 radical (unpaired) electrons. The van der Waals surface area contributed by atoms with E-state index < -0.39 is 16.5 Å². The number of sulfone groups is 1. The van der Waals surface area contributed by atoms with Crippen LogP contribution < -0.4 is 5.73 Å². The molecule has 1 aliphatic rings. The van der Waals surface area contributed by atoms with Crippen LogP contribution in [0.5, 0.6) is 0 Å². The van der Waals surface area contributed by atoms with Crippen LogP contribution in [0.25, 0.3) is 0 Å². The Morgan fingerprint density at radius 3 is 2.62 bits per heavy atom. The second kappa shape index (κ2) is 4.37. The fraction of sp³-hybridized carbons (Fsp3) is 1.00. The maximum absolute atomic E-state index is 12.5. The van der Waals surface area contributed by atoms with E-state index in [-0.39, 0.29) is 23.3 Å². The van der Waals surface area contributed by atoms with Crippen LogP contribution in [0.15, 0.2) is 0 Å². The molecule has 1 heterocycles. The molecule has 13 heavy (non-hydrogen) atoms. The maximum Gasteiger partial charge on any atom is 0.150 e. The van der Waals surface area contributed by atoms with Gasteiger partial charge in [0.2, 0.25) is 0 Å². The van der Waals surface area contributed by atoms with Crippen LogP contribution in [0.2, 0.25) is 0 Å². The zero-order chi connectivity index (χ0) is 9.90. The molecular weight excluding hydrogens is 193 g/mol. The second-order valence-electron chi connectivity index (χ2n) is 3.65. The van der Waals surface area contributed by atoms with E-state index in [0.717, 1.165) is 0 Å². The molecule has 0 aromatic carbocycles. The highest BCUT2D eigenvalue weighted by atomic mass is 32.2. The van der Waals surface area contributed by atoms with Crippen LogP contribution in [0.3, 0.4) is 0 Å². The first-order chi connectivity index (χ1) is 6.09. The van der Waals surface area contributed by atoms with Gasteiger partial charge in [0.1, 0.15) is 0 Å². The molecule has 2 unspecified atom stereocenters. The van der Waals surface area contributed by atoms with Gasteiger partial charge in [-0.1, -0.05) is 0 Å². The molecule has 1 aliphatic heterocycles. The highest BCUT2D eigenvalue weighted by Crippen LogP contribution is 2.28. The molecule has 5 heteroatoms. The van der Waals surface area contributed by atoms with Gasteiger partial charge in [-0.15, -0.1) is 0 Å². The van der Waals surface area contributed by atoms with E-state index in [1.54, 1.807) is 0 Å². The van der Waals surface area contributed by atoms with Crippen LogP contribution >= 0.6 is 0 Å². The van der Waals surface area contributed by atoms with E-state index in [1.165, 1.54) is 0 Å². The summed E-state index contributed by atoms with van der Waals surface area (Å²) in [7, 11) is -2.88.